The van der Waals surface area contributed by atoms with Gasteiger partial charge >= 0.3 is 0 Å². The van der Waals surface area contributed by atoms with Crippen molar-refractivity contribution in [1.82, 2.24) is 0 Å². The van der Waals surface area contributed by atoms with Crippen molar-refractivity contribution in [2.24, 2.45) is 0 Å². The minimum atomic E-state index is 0.872. The van der Waals surface area contributed by atoms with Crippen LogP contribution in [-0.2, 0) is 0 Å². The fourth-order valence-corrected chi connectivity index (χ4v) is 5.45. The van der Waals surface area contributed by atoms with Crippen LogP contribution >= 0.6 is 22.7 Å². The average molecular weight is 236 g/mol. The molecule has 2 aromatic heterocycles. The van der Waals surface area contributed by atoms with Gasteiger partial charge in [-0.3, -0.25) is 0 Å². The minimum absolute atomic E-state index is 0.872. The molecule has 80 valence electrons. The lowest BCUT2D eigenvalue weighted by Crippen LogP contribution is -1.91. The monoisotopic (exact) mass is 236 g/mol. The number of fused-ring (bicyclic) bond motifs is 1. The summed E-state index contributed by atoms with van der Waals surface area (Å²) in [6.07, 6.45) is 5.71. The first kappa shape index (κ1) is 9.86. The lowest BCUT2D eigenvalue weighted by molar-refractivity contribution is 0.728. The van der Waals surface area contributed by atoms with Gasteiger partial charge in [0.1, 0.15) is 0 Å². The van der Waals surface area contributed by atoms with E-state index in [2.05, 4.69) is 19.9 Å². The molecule has 0 bridgehead atoms. The van der Waals surface area contributed by atoms with E-state index in [0.29, 0.717) is 0 Å². The molecule has 0 aliphatic heterocycles. The highest BCUT2D eigenvalue weighted by Gasteiger charge is 2.23. The second kappa shape index (κ2) is 3.60. The Labute approximate surface area is 98.9 Å². The summed E-state index contributed by atoms with van der Waals surface area (Å²) in [4.78, 5) is 3.04. The van der Waals surface area contributed by atoms with E-state index in [9.17, 15) is 0 Å². The first-order chi connectivity index (χ1) is 7.25. The Morgan fingerprint density at radius 2 is 1.87 bits per heavy atom. The second-order valence-electron chi connectivity index (χ2n) is 4.60. The Morgan fingerprint density at radius 1 is 1.13 bits per heavy atom. The summed E-state index contributed by atoms with van der Waals surface area (Å²) in [6, 6.07) is 2.36. The van der Waals surface area contributed by atoms with Gasteiger partial charge < -0.3 is 0 Å². The molecule has 1 fully saturated rings. The first-order valence-electron chi connectivity index (χ1n) is 5.75. The number of rotatable bonds is 1. The highest BCUT2D eigenvalue weighted by molar-refractivity contribution is 7.28. The van der Waals surface area contributed by atoms with Gasteiger partial charge in [0.2, 0.25) is 0 Å². The van der Waals surface area contributed by atoms with Crippen LogP contribution in [0.2, 0.25) is 0 Å². The molecule has 3 rings (SSSR count). The molecule has 0 aromatic carbocycles. The van der Waals surface area contributed by atoms with Gasteiger partial charge in [-0.25, -0.2) is 0 Å². The van der Waals surface area contributed by atoms with Crippen LogP contribution in [0.25, 0.3) is 9.40 Å². The van der Waals surface area contributed by atoms with Crippen LogP contribution in [0.4, 0.5) is 0 Å². The van der Waals surface area contributed by atoms with Gasteiger partial charge in [-0.15, -0.1) is 22.7 Å². The van der Waals surface area contributed by atoms with Gasteiger partial charge in [0.05, 0.1) is 0 Å². The number of hydrogen-bond donors (Lipinski definition) is 0. The van der Waals surface area contributed by atoms with Crippen molar-refractivity contribution < 1.29 is 0 Å². The zero-order valence-electron chi connectivity index (χ0n) is 9.30. The predicted octanol–water partition coefficient (Wildman–Crippen LogP) is 5.24. The zero-order chi connectivity index (χ0) is 10.4. The van der Waals surface area contributed by atoms with Crippen molar-refractivity contribution in [2.45, 2.75) is 45.4 Å². The lowest BCUT2D eigenvalue weighted by Gasteiger charge is -2.08. The van der Waals surface area contributed by atoms with Crippen molar-refractivity contribution in [1.29, 1.82) is 0 Å². The molecule has 0 unspecified atom stereocenters. The number of hydrogen-bond acceptors (Lipinski definition) is 2. The van der Waals surface area contributed by atoms with Gasteiger partial charge in [-0.1, -0.05) is 12.8 Å². The molecule has 2 heteroatoms. The van der Waals surface area contributed by atoms with Crippen LogP contribution in [0.1, 0.15) is 46.9 Å². The molecular weight excluding hydrogens is 220 g/mol. The van der Waals surface area contributed by atoms with E-state index in [1.165, 1.54) is 35.3 Å². The van der Waals surface area contributed by atoms with Crippen LogP contribution in [0.3, 0.4) is 0 Å². The second-order valence-corrected chi connectivity index (χ2v) is 7.12. The van der Waals surface area contributed by atoms with Crippen molar-refractivity contribution in [3.63, 3.8) is 0 Å². The van der Waals surface area contributed by atoms with E-state index < -0.39 is 0 Å². The normalized spacial score (nSPS) is 18.0. The van der Waals surface area contributed by atoms with Crippen LogP contribution < -0.4 is 0 Å². The summed E-state index contributed by atoms with van der Waals surface area (Å²) in [7, 11) is 0. The summed E-state index contributed by atoms with van der Waals surface area (Å²) >= 11 is 3.99. The van der Waals surface area contributed by atoms with Gasteiger partial charge in [0.25, 0.3) is 0 Å². The van der Waals surface area contributed by atoms with E-state index in [1.807, 2.05) is 22.7 Å². The van der Waals surface area contributed by atoms with Crippen LogP contribution in [0, 0.1) is 13.8 Å². The van der Waals surface area contributed by atoms with Crippen LogP contribution in [0.15, 0.2) is 6.07 Å². The molecule has 2 heterocycles. The maximum Gasteiger partial charge on any atom is 0.0490 e. The van der Waals surface area contributed by atoms with Gasteiger partial charge in [0.15, 0.2) is 0 Å². The SMILES string of the molecule is Cc1cc2sc(C)c(C3CCCC3)c2s1. The Bertz CT molecular complexity index is 484. The maximum atomic E-state index is 2.36. The molecule has 1 saturated carbocycles. The van der Waals surface area contributed by atoms with E-state index in [4.69, 9.17) is 0 Å². The molecular formula is C13H16S2. The third kappa shape index (κ3) is 1.55. The smallest absolute Gasteiger partial charge is 0.0490 e. The minimum Gasteiger partial charge on any atom is -0.139 e. The molecule has 1 aliphatic carbocycles. The quantitative estimate of drug-likeness (QED) is 0.635. The lowest BCUT2D eigenvalue weighted by atomic mass is 9.98. The molecule has 0 N–H and O–H groups in total. The molecule has 2 aromatic rings. The molecule has 0 spiro atoms. The third-order valence-electron chi connectivity index (χ3n) is 3.47. The molecule has 1 aliphatic rings. The Morgan fingerprint density at radius 3 is 2.60 bits per heavy atom. The van der Waals surface area contributed by atoms with Crippen molar-refractivity contribution in [2.75, 3.05) is 0 Å². The molecule has 0 atom stereocenters. The Balaban J connectivity index is 2.17. The van der Waals surface area contributed by atoms with E-state index in [1.54, 1.807) is 15.1 Å². The predicted molar refractivity (Wildman–Crippen MR) is 70.4 cm³/mol. The highest BCUT2D eigenvalue weighted by Crippen LogP contribution is 2.45. The number of thiophene rings is 2. The summed E-state index contributed by atoms with van der Waals surface area (Å²) in [5.41, 5.74) is 1.70. The van der Waals surface area contributed by atoms with E-state index >= 15 is 0 Å². The Kier molecular flexibility index (Phi) is 2.37. The van der Waals surface area contributed by atoms with Gasteiger partial charge in [0, 0.05) is 19.2 Å². The van der Waals surface area contributed by atoms with Crippen molar-refractivity contribution in [3.05, 3.63) is 21.4 Å². The number of aryl methyl sites for hydroxylation is 2. The summed E-state index contributed by atoms with van der Waals surface area (Å²) in [5, 5.41) is 0. The molecule has 15 heavy (non-hydrogen) atoms. The largest absolute Gasteiger partial charge is 0.139 e. The van der Waals surface area contributed by atoms with Crippen molar-refractivity contribution in [3.8, 4) is 0 Å². The summed E-state index contributed by atoms with van der Waals surface area (Å²) in [5.74, 6) is 0.872. The highest BCUT2D eigenvalue weighted by atomic mass is 32.1. The topological polar surface area (TPSA) is 0 Å². The van der Waals surface area contributed by atoms with Crippen LogP contribution in [0.5, 0.6) is 0 Å². The van der Waals surface area contributed by atoms with Gasteiger partial charge in [-0.05, 0) is 44.2 Å². The zero-order valence-corrected chi connectivity index (χ0v) is 10.9. The van der Waals surface area contributed by atoms with Crippen molar-refractivity contribution >= 4 is 32.1 Å². The molecule has 0 radical (unpaired) electrons. The van der Waals surface area contributed by atoms with E-state index in [-0.39, 0.29) is 0 Å². The standard InChI is InChI=1S/C13H16S2/c1-8-7-11-13(14-8)12(9(2)15-11)10-5-3-4-6-10/h7,10H,3-6H2,1-2H3. The fraction of sp³-hybridized carbons (Fsp3) is 0.538. The van der Waals surface area contributed by atoms with Crippen LogP contribution in [-0.4, -0.2) is 0 Å². The first-order valence-corrected chi connectivity index (χ1v) is 7.38. The maximum absolute atomic E-state index is 2.36. The molecule has 0 saturated heterocycles. The molecule has 0 nitrogen and oxygen atoms in total. The fourth-order valence-electron chi connectivity index (χ4n) is 2.82. The average Bonchev–Trinajstić information content (AvgIpc) is 2.80. The summed E-state index contributed by atoms with van der Waals surface area (Å²) in [6.45, 7) is 4.53. The van der Waals surface area contributed by atoms with Gasteiger partial charge in [-0.2, -0.15) is 0 Å². The van der Waals surface area contributed by atoms with E-state index in [0.717, 1.165) is 5.92 Å². The summed E-state index contributed by atoms with van der Waals surface area (Å²) < 4.78 is 3.12. The molecule has 0 amide bonds. The third-order valence-corrected chi connectivity index (χ3v) is 5.75. The Hall–Kier alpha value is -0.340.